The molecule has 1 aromatic carbocycles. The standard InChI is InChI=1S/C22H27N5O2.2ClH/c1-4-26-14-8-12-19(26)24(2)15-20(28)27-17-10-6-5-9-16(17)22(29)25(3)18-11-7-13-23-21(18)27;;/h5-7,9-11,13,19H,4,8,12,14-15H2,1-3H3;2*1H. The fraction of sp³-hybridized carbons (Fsp3) is 0.409. The van der Waals surface area contributed by atoms with Gasteiger partial charge in [-0.3, -0.25) is 24.3 Å². The van der Waals surface area contributed by atoms with Gasteiger partial charge in [0.25, 0.3) is 5.91 Å². The summed E-state index contributed by atoms with van der Waals surface area (Å²) in [5, 5.41) is 0. The summed E-state index contributed by atoms with van der Waals surface area (Å²) in [5.74, 6) is 0.253. The molecule has 1 aromatic heterocycles. The van der Waals surface area contributed by atoms with Crippen molar-refractivity contribution in [3.8, 4) is 0 Å². The molecule has 2 amide bonds. The number of benzene rings is 1. The second kappa shape index (κ2) is 10.4. The molecular weight excluding hydrogens is 437 g/mol. The van der Waals surface area contributed by atoms with Gasteiger partial charge in [0, 0.05) is 13.2 Å². The predicted octanol–water partition coefficient (Wildman–Crippen LogP) is 3.55. The van der Waals surface area contributed by atoms with Crippen LogP contribution >= 0.6 is 24.8 Å². The number of carbonyl (C=O) groups is 2. The summed E-state index contributed by atoms with van der Waals surface area (Å²) in [4.78, 5) is 38.7. The Labute approximate surface area is 195 Å². The summed E-state index contributed by atoms with van der Waals surface area (Å²) in [7, 11) is 3.72. The van der Waals surface area contributed by atoms with Crippen molar-refractivity contribution in [2.75, 3.05) is 43.5 Å². The first-order chi connectivity index (χ1) is 14.0. The van der Waals surface area contributed by atoms with Crippen LogP contribution in [-0.2, 0) is 4.79 Å². The third kappa shape index (κ3) is 4.55. The van der Waals surface area contributed by atoms with Crippen LogP contribution in [0.2, 0.25) is 0 Å². The summed E-state index contributed by atoms with van der Waals surface area (Å²) >= 11 is 0. The Bertz CT molecular complexity index is 942. The van der Waals surface area contributed by atoms with Crippen molar-refractivity contribution >= 4 is 53.8 Å². The molecule has 0 bridgehead atoms. The molecule has 1 saturated heterocycles. The molecule has 9 heteroatoms. The van der Waals surface area contributed by atoms with Crippen LogP contribution < -0.4 is 9.80 Å². The number of pyridine rings is 1. The summed E-state index contributed by atoms with van der Waals surface area (Å²) in [6.45, 7) is 4.44. The van der Waals surface area contributed by atoms with Crippen molar-refractivity contribution in [1.82, 2.24) is 14.8 Å². The lowest BCUT2D eigenvalue weighted by atomic mass is 10.1. The number of likely N-dealkylation sites (tertiary alicyclic amines) is 1. The molecule has 1 atom stereocenters. The van der Waals surface area contributed by atoms with E-state index in [4.69, 9.17) is 0 Å². The first-order valence-corrected chi connectivity index (χ1v) is 10.1. The van der Waals surface area contributed by atoms with Crippen molar-refractivity contribution in [1.29, 1.82) is 0 Å². The van der Waals surface area contributed by atoms with Gasteiger partial charge in [0.2, 0.25) is 5.91 Å². The number of anilines is 3. The number of carbonyl (C=O) groups excluding carboxylic acids is 2. The molecule has 2 aromatic rings. The highest BCUT2D eigenvalue weighted by Gasteiger charge is 2.35. The van der Waals surface area contributed by atoms with Crippen LogP contribution in [-0.4, -0.2) is 66.5 Å². The summed E-state index contributed by atoms with van der Waals surface area (Å²) in [5.41, 5.74) is 1.71. The number of amides is 2. The third-order valence-electron chi connectivity index (χ3n) is 5.90. The van der Waals surface area contributed by atoms with Gasteiger partial charge in [-0.1, -0.05) is 19.1 Å². The number of halogens is 2. The molecule has 168 valence electrons. The topological polar surface area (TPSA) is 60.0 Å². The zero-order chi connectivity index (χ0) is 20.5. The Morgan fingerprint density at radius 1 is 1.16 bits per heavy atom. The molecule has 0 spiro atoms. The quantitative estimate of drug-likeness (QED) is 0.690. The SMILES string of the molecule is CCN1CCCC1N(C)CC(=O)N1c2ccccc2C(=O)N(C)c2cccnc21.Cl.Cl. The van der Waals surface area contributed by atoms with Crippen LogP contribution in [0.1, 0.15) is 30.1 Å². The number of para-hydroxylation sites is 1. The third-order valence-corrected chi connectivity index (χ3v) is 5.90. The molecule has 4 rings (SSSR count). The maximum atomic E-state index is 13.5. The minimum atomic E-state index is -0.147. The monoisotopic (exact) mass is 465 g/mol. The van der Waals surface area contributed by atoms with E-state index in [1.807, 2.05) is 31.3 Å². The van der Waals surface area contributed by atoms with Gasteiger partial charge in [-0.05, 0) is 57.2 Å². The minimum Gasteiger partial charge on any atom is -0.308 e. The fourth-order valence-electron chi connectivity index (χ4n) is 4.39. The number of fused-ring (bicyclic) bond motifs is 2. The van der Waals surface area contributed by atoms with E-state index >= 15 is 0 Å². The molecule has 7 nitrogen and oxygen atoms in total. The molecule has 0 N–H and O–H groups in total. The van der Waals surface area contributed by atoms with Gasteiger partial charge in [0.1, 0.15) is 0 Å². The lowest BCUT2D eigenvalue weighted by molar-refractivity contribution is -0.119. The van der Waals surface area contributed by atoms with Gasteiger partial charge in [0.15, 0.2) is 5.82 Å². The van der Waals surface area contributed by atoms with Crippen LogP contribution in [0.5, 0.6) is 0 Å². The summed E-state index contributed by atoms with van der Waals surface area (Å²) in [6.07, 6.45) is 4.13. The zero-order valence-corrected chi connectivity index (χ0v) is 19.7. The Kier molecular flexibility index (Phi) is 8.42. The number of aromatic nitrogens is 1. The smallest absolute Gasteiger partial charge is 0.260 e. The molecule has 0 radical (unpaired) electrons. The highest BCUT2D eigenvalue weighted by molar-refractivity contribution is 6.18. The maximum Gasteiger partial charge on any atom is 0.260 e. The van der Waals surface area contributed by atoms with E-state index in [1.54, 1.807) is 35.2 Å². The summed E-state index contributed by atoms with van der Waals surface area (Å²) < 4.78 is 0. The predicted molar refractivity (Wildman–Crippen MR) is 128 cm³/mol. The van der Waals surface area contributed by atoms with Crippen molar-refractivity contribution in [3.05, 3.63) is 48.2 Å². The Hall–Kier alpha value is -2.19. The molecular formula is C22H29Cl2N5O2. The number of nitrogens with zero attached hydrogens (tertiary/aromatic N) is 5. The lowest BCUT2D eigenvalue weighted by Crippen LogP contribution is -2.47. The molecule has 0 saturated carbocycles. The molecule has 3 heterocycles. The molecule has 1 fully saturated rings. The van der Waals surface area contributed by atoms with Gasteiger partial charge in [-0.15, -0.1) is 24.8 Å². The first-order valence-electron chi connectivity index (χ1n) is 10.1. The Morgan fingerprint density at radius 3 is 2.61 bits per heavy atom. The highest BCUT2D eigenvalue weighted by Crippen LogP contribution is 2.38. The second-order valence-corrected chi connectivity index (χ2v) is 7.62. The number of hydrogen-bond acceptors (Lipinski definition) is 5. The second-order valence-electron chi connectivity index (χ2n) is 7.62. The van der Waals surface area contributed by atoms with E-state index in [0.29, 0.717) is 22.8 Å². The van der Waals surface area contributed by atoms with Gasteiger partial charge >= 0.3 is 0 Å². The fourth-order valence-corrected chi connectivity index (χ4v) is 4.39. The van der Waals surface area contributed by atoms with Gasteiger partial charge < -0.3 is 4.90 Å². The minimum absolute atomic E-state index is 0. The molecule has 0 aliphatic carbocycles. The van der Waals surface area contributed by atoms with E-state index in [-0.39, 0.29) is 49.3 Å². The van der Waals surface area contributed by atoms with Crippen LogP contribution in [0.15, 0.2) is 42.6 Å². The molecule has 31 heavy (non-hydrogen) atoms. The average Bonchev–Trinajstić information content (AvgIpc) is 3.19. The lowest BCUT2D eigenvalue weighted by Gasteiger charge is -2.33. The number of likely N-dealkylation sites (N-methyl/N-ethyl adjacent to an activating group) is 1. The van der Waals surface area contributed by atoms with Crippen LogP contribution in [0.3, 0.4) is 0 Å². The molecule has 2 aliphatic rings. The van der Waals surface area contributed by atoms with Gasteiger partial charge in [-0.25, -0.2) is 4.98 Å². The van der Waals surface area contributed by atoms with E-state index in [9.17, 15) is 9.59 Å². The van der Waals surface area contributed by atoms with Crippen molar-refractivity contribution in [2.24, 2.45) is 0 Å². The zero-order valence-electron chi connectivity index (χ0n) is 18.0. The van der Waals surface area contributed by atoms with Gasteiger partial charge in [0.05, 0.1) is 29.6 Å². The normalized spacial score (nSPS) is 18.1. The van der Waals surface area contributed by atoms with Crippen molar-refractivity contribution in [3.63, 3.8) is 0 Å². The van der Waals surface area contributed by atoms with Crippen molar-refractivity contribution in [2.45, 2.75) is 25.9 Å². The van der Waals surface area contributed by atoms with Gasteiger partial charge in [-0.2, -0.15) is 0 Å². The highest BCUT2D eigenvalue weighted by atomic mass is 35.5. The summed E-state index contributed by atoms with van der Waals surface area (Å²) in [6, 6.07) is 10.9. The van der Waals surface area contributed by atoms with E-state index in [2.05, 4.69) is 21.7 Å². The Morgan fingerprint density at radius 2 is 1.87 bits per heavy atom. The average molecular weight is 466 g/mol. The molecule has 2 aliphatic heterocycles. The largest absolute Gasteiger partial charge is 0.308 e. The van der Waals surface area contributed by atoms with Crippen LogP contribution in [0, 0.1) is 0 Å². The van der Waals surface area contributed by atoms with E-state index in [1.165, 1.54) is 0 Å². The maximum absolute atomic E-state index is 13.5. The number of hydrogen-bond donors (Lipinski definition) is 0. The first kappa shape index (κ1) is 25.1. The van der Waals surface area contributed by atoms with Crippen LogP contribution in [0.25, 0.3) is 0 Å². The van der Waals surface area contributed by atoms with Crippen molar-refractivity contribution < 1.29 is 9.59 Å². The van der Waals surface area contributed by atoms with E-state index in [0.717, 1.165) is 25.9 Å². The van der Waals surface area contributed by atoms with Crippen LogP contribution in [0.4, 0.5) is 17.2 Å². The number of rotatable bonds is 4. The molecule has 1 unspecified atom stereocenters. The van der Waals surface area contributed by atoms with E-state index < -0.39 is 0 Å². The Balaban J connectivity index is 0.00000171.